The minimum Gasteiger partial charge on any atom is -0.494 e. The van der Waals surface area contributed by atoms with Gasteiger partial charge in [-0.15, -0.1) is 0 Å². The number of nitrogens with zero attached hydrogens (tertiary/aromatic N) is 4. The van der Waals surface area contributed by atoms with Crippen molar-refractivity contribution in [1.29, 1.82) is 0 Å². The van der Waals surface area contributed by atoms with E-state index in [4.69, 9.17) is 26.1 Å². The quantitative estimate of drug-likeness (QED) is 0.284. The molecule has 3 heterocycles. The fraction of sp³-hybridized carbons (Fsp3) is 0.321. The fourth-order valence-electron chi connectivity index (χ4n) is 4.88. The van der Waals surface area contributed by atoms with E-state index in [2.05, 4.69) is 9.88 Å². The molecule has 11 heteroatoms. The van der Waals surface area contributed by atoms with Gasteiger partial charge in [0.05, 0.1) is 29.8 Å². The number of carbonyl (C=O) groups is 1. The number of aromatic carboxylic acids is 1. The first-order valence-electron chi connectivity index (χ1n) is 12.5. The zero-order valence-corrected chi connectivity index (χ0v) is 22.2. The number of fused-ring (bicyclic) bond motifs is 1. The van der Waals surface area contributed by atoms with E-state index in [1.54, 1.807) is 12.1 Å². The number of methoxy groups -OCH3 is 1. The maximum atomic E-state index is 14.1. The summed E-state index contributed by atoms with van der Waals surface area (Å²) in [5.41, 5.74) is 2.45. The summed E-state index contributed by atoms with van der Waals surface area (Å²) in [6, 6.07) is 10.6. The average Bonchev–Trinajstić information content (AvgIpc) is 3.24. The number of aromatic nitrogens is 3. The number of ether oxygens (including phenoxy) is 2. The number of likely N-dealkylation sites (tertiary alicyclic amines) is 1. The molecule has 2 aromatic carbocycles. The number of hydrogen-bond donors (Lipinski definition) is 1. The normalized spacial score (nSPS) is 14.6. The second-order valence-electron chi connectivity index (χ2n) is 9.54. The first-order valence-corrected chi connectivity index (χ1v) is 12.8. The third-order valence-electron chi connectivity index (χ3n) is 7.09. The molecule has 1 aliphatic heterocycles. The predicted molar refractivity (Wildman–Crippen MR) is 141 cm³/mol. The number of benzene rings is 2. The van der Waals surface area contributed by atoms with Crippen molar-refractivity contribution in [2.24, 2.45) is 7.05 Å². The van der Waals surface area contributed by atoms with Gasteiger partial charge in [-0.25, -0.2) is 23.5 Å². The van der Waals surface area contributed by atoms with E-state index in [1.807, 2.05) is 23.7 Å². The van der Waals surface area contributed by atoms with Crippen molar-refractivity contribution in [3.05, 3.63) is 81.8 Å². The molecule has 0 saturated carbocycles. The third kappa shape index (κ3) is 5.67. The molecule has 0 amide bonds. The lowest BCUT2D eigenvalue weighted by Gasteiger charge is -2.31. The number of hydrogen-bond acceptors (Lipinski definition) is 6. The van der Waals surface area contributed by atoms with Crippen LogP contribution in [0, 0.1) is 11.6 Å². The maximum absolute atomic E-state index is 14.1. The van der Waals surface area contributed by atoms with Gasteiger partial charge in [-0.3, -0.25) is 4.90 Å². The molecule has 1 saturated heterocycles. The molecular weight excluding hydrogens is 530 g/mol. The Morgan fingerprint density at radius 3 is 2.62 bits per heavy atom. The van der Waals surface area contributed by atoms with Crippen LogP contribution in [0.4, 0.5) is 8.78 Å². The first kappa shape index (κ1) is 26.8. The molecule has 0 unspecified atom stereocenters. The topological polar surface area (TPSA) is 89.7 Å². The summed E-state index contributed by atoms with van der Waals surface area (Å²) in [5.74, 6) is -0.521. The molecule has 1 fully saturated rings. The minimum absolute atomic E-state index is 0.0659. The number of carboxylic acids is 1. The Bertz CT molecular complexity index is 1540. The number of piperidine rings is 1. The summed E-state index contributed by atoms with van der Waals surface area (Å²) in [4.78, 5) is 23.2. The van der Waals surface area contributed by atoms with Crippen LogP contribution in [0.25, 0.3) is 11.0 Å². The number of rotatable bonds is 8. The third-order valence-corrected chi connectivity index (χ3v) is 7.38. The van der Waals surface area contributed by atoms with Gasteiger partial charge >= 0.3 is 5.97 Å². The summed E-state index contributed by atoms with van der Waals surface area (Å²) in [6.45, 7) is 2.11. The molecule has 1 aliphatic rings. The molecule has 1 N–H and O–H groups in total. The van der Waals surface area contributed by atoms with E-state index in [0.29, 0.717) is 29.2 Å². The zero-order valence-electron chi connectivity index (χ0n) is 21.5. The monoisotopic (exact) mass is 556 g/mol. The number of carboxylic acid groups (broad SMARTS) is 1. The molecular formula is C28H27ClF2N4O4. The largest absolute Gasteiger partial charge is 0.494 e. The molecule has 0 bridgehead atoms. The van der Waals surface area contributed by atoms with E-state index in [-0.39, 0.29) is 28.7 Å². The lowest BCUT2D eigenvalue weighted by Crippen LogP contribution is -2.33. The Kier molecular flexibility index (Phi) is 7.67. The summed E-state index contributed by atoms with van der Waals surface area (Å²) >= 11 is 5.62. The van der Waals surface area contributed by atoms with Gasteiger partial charge in [0.15, 0.2) is 0 Å². The molecule has 0 radical (unpaired) electrons. The fourth-order valence-corrected chi connectivity index (χ4v) is 5.03. The predicted octanol–water partition coefficient (Wildman–Crippen LogP) is 5.57. The van der Waals surface area contributed by atoms with Crippen LogP contribution in [0.2, 0.25) is 5.02 Å². The van der Waals surface area contributed by atoms with Gasteiger partial charge < -0.3 is 19.1 Å². The van der Waals surface area contributed by atoms with Crippen molar-refractivity contribution in [3.63, 3.8) is 0 Å². The van der Waals surface area contributed by atoms with Crippen molar-refractivity contribution >= 4 is 28.6 Å². The average molecular weight is 557 g/mol. The lowest BCUT2D eigenvalue weighted by molar-refractivity contribution is 0.0696. The Hall–Kier alpha value is -3.76. The van der Waals surface area contributed by atoms with Gasteiger partial charge in [-0.2, -0.15) is 0 Å². The Balaban J connectivity index is 1.22. The SMILES string of the molecule is COc1cc(C(=O)O)cc2c1nc(CN1CCC(c3cccc(OCc4cc(F)c(Cl)cc4F)n3)CC1)n2C. The van der Waals surface area contributed by atoms with Crippen LogP contribution >= 0.6 is 11.6 Å². The van der Waals surface area contributed by atoms with E-state index in [0.717, 1.165) is 49.6 Å². The van der Waals surface area contributed by atoms with E-state index in [1.165, 1.54) is 13.2 Å². The van der Waals surface area contributed by atoms with Gasteiger partial charge in [0.25, 0.3) is 0 Å². The molecule has 8 nitrogen and oxygen atoms in total. The molecule has 204 valence electrons. The van der Waals surface area contributed by atoms with Gasteiger partial charge in [0, 0.05) is 30.3 Å². The van der Waals surface area contributed by atoms with E-state index >= 15 is 0 Å². The highest BCUT2D eigenvalue weighted by Crippen LogP contribution is 2.31. The highest BCUT2D eigenvalue weighted by Gasteiger charge is 2.24. The standard InChI is InChI=1S/C28H27ClF2N4O4/c1-34-23-11-17(28(36)37)12-24(38-2)27(23)33-25(34)14-35-8-6-16(7-9-35)22-4-3-5-26(32-22)39-15-18-10-21(31)19(29)13-20(18)30/h3-5,10-13,16H,6-9,14-15H2,1-2H3,(H,36,37). The van der Waals surface area contributed by atoms with Crippen LogP contribution in [0.3, 0.4) is 0 Å². The lowest BCUT2D eigenvalue weighted by atomic mass is 9.93. The summed E-state index contributed by atoms with van der Waals surface area (Å²) in [5, 5.41) is 9.16. The summed E-state index contributed by atoms with van der Waals surface area (Å²) < 4.78 is 40.7. The highest BCUT2D eigenvalue weighted by atomic mass is 35.5. The van der Waals surface area contributed by atoms with Gasteiger partial charge in [-0.1, -0.05) is 17.7 Å². The van der Waals surface area contributed by atoms with E-state index < -0.39 is 17.6 Å². The van der Waals surface area contributed by atoms with E-state index in [9.17, 15) is 18.7 Å². The van der Waals surface area contributed by atoms with Crippen molar-refractivity contribution in [3.8, 4) is 11.6 Å². The van der Waals surface area contributed by atoms with Gasteiger partial charge in [0.2, 0.25) is 5.88 Å². The number of imidazole rings is 1. The van der Waals surface area contributed by atoms with Crippen molar-refractivity contribution in [2.45, 2.75) is 31.9 Å². The zero-order chi connectivity index (χ0) is 27.7. The van der Waals surface area contributed by atoms with Crippen molar-refractivity contribution in [2.75, 3.05) is 20.2 Å². The smallest absolute Gasteiger partial charge is 0.335 e. The second kappa shape index (κ2) is 11.2. The second-order valence-corrected chi connectivity index (χ2v) is 9.94. The van der Waals surface area contributed by atoms with Crippen molar-refractivity contribution in [1.82, 2.24) is 19.4 Å². The molecule has 4 aromatic rings. The number of halogens is 3. The molecule has 2 aromatic heterocycles. The maximum Gasteiger partial charge on any atom is 0.335 e. The van der Waals surface area contributed by atoms with Crippen molar-refractivity contribution < 1.29 is 28.2 Å². The number of pyridine rings is 1. The van der Waals surface area contributed by atoms with Crippen LogP contribution in [-0.2, 0) is 20.2 Å². The minimum atomic E-state index is -1.02. The molecule has 39 heavy (non-hydrogen) atoms. The van der Waals surface area contributed by atoms with Crippen LogP contribution in [0.5, 0.6) is 11.6 Å². The number of aryl methyl sites for hydroxylation is 1. The Labute approximate surface area is 228 Å². The highest BCUT2D eigenvalue weighted by molar-refractivity contribution is 6.30. The molecule has 0 spiro atoms. The molecule has 5 rings (SSSR count). The molecule has 0 aliphatic carbocycles. The van der Waals surface area contributed by atoms with Crippen LogP contribution < -0.4 is 9.47 Å². The Morgan fingerprint density at radius 1 is 1.13 bits per heavy atom. The van der Waals surface area contributed by atoms with Crippen LogP contribution in [-0.4, -0.2) is 50.7 Å². The van der Waals surface area contributed by atoms with Gasteiger partial charge in [0.1, 0.15) is 35.3 Å². The Morgan fingerprint density at radius 2 is 1.90 bits per heavy atom. The summed E-state index contributed by atoms with van der Waals surface area (Å²) in [6.07, 6.45) is 1.76. The first-order chi connectivity index (χ1) is 18.7. The van der Waals surface area contributed by atoms with Gasteiger partial charge in [-0.05, 0) is 56.3 Å². The van der Waals surface area contributed by atoms with Crippen LogP contribution in [0.1, 0.15) is 46.2 Å². The molecule has 0 atom stereocenters. The summed E-state index contributed by atoms with van der Waals surface area (Å²) in [7, 11) is 3.38. The van der Waals surface area contributed by atoms with Crippen LogP contribution in [0.15, 0.2) is 42.5 Å².